The van der Waals surface area contributed by atoms with Gasteiger partial charge in [-0.05, 0) is 0 Å². The molecule has 188 valence electrons. The fraction of sp³-hybridized carbons (Fsp3) is 0.188. The average molecular weight is 557 g/mol. The van der Waals surface area contributed by atoms with E-state index in [1.54, 1.807) is 0 Å². The van der Waals surface area contributed by atoms with Gasteiger partial charge in [-0.3, -0.25) is 20.2 Å². The Labute approximate surface area is 195 Å². The molecule has 0 aromatic heterocycles. The third kappa shape index (κ3) is 5.27. The maximum absolute atomic E-state index is 13.5. The van der Waals surface area contributed by atoms with Gasteiger partial charge in [0.1, 0.15) is 11.8 Å². The van der Waals surface area contributed by atoms with Crippen LogP contribution in [0, 0.1) is 31.6 Å². The normalized spacial score (nSPS) is 12.3. The Kier molecular flexibility index (Phi) is 7.07. The number of nitrogens with one attached hydrogen (secondary N) is 1. The molecular formula is C16H3Cl2F9N4O4. The van der Waals surface area contributed by atoms with Crippen molar-refractivity contribution < 1.29 is 49.4 Å². The molecule has 8 nitrogen and oxygen atoms in total. The van der Waals surface area contributed by atoms with Crippen LogP contribution in [0.4, 0.5) is 62.3 Å². The van der Waals surface area contributed by atoms with E-state index in [0.29, 0.717) is 6.07 Å². The molecule has 0 aliphatic carbocycles. The summed E-state index contributed by atoms with van der Waals surface area (Å²) in [6, 6.07) is 0.352. The molecule has 0 bridgehead atoms. The highest BCUT2D eigenvalue weighted by Gasteiger charge is 2.47. The van der Waals surface area contributed by atoms with E-state index in [1.807, 2.05) is 0 Å². The van der Waals surface area contributed by atoms with Gasteiger partial charge in [-0.2, -0.15) is 44.8 Å². The van der Waals surface area contributed by atoms with Crippen molar-refractivity contribution >= 4 is 46.0 Å². The number of benzene rings is 2. The summed E-state index contributed by atoms with van der Waals surface area (Å²) in [5.74, 6) is 0. The molecule has 19 heteroatoms. The van der Waals surface area contributed by atoms with Gasteiger partial charge in [0.2, 0.25) is 0 Å². The molecule has 35 heavy (non-hydrogen) atoms. The number of nitriles is 1. The van der Waals surface area contributed by atoms with Crippen molar-refractivity contribution in [1.82, 2.24) is 0 Å². The molecule has 0 spiro atoms. The number of nitrogens with zero attached hydrogens (tertiary/aromatic N) is 3. The SMILES string of the molecule is N#Cc1c(C(F)(F)F)c(Cl)c(Nc2c([N+](=O)[O-])cc([N+](=O)[O-])cc2C(F)(F)F)c(Cl)c1C(F)(F)F. The molecule has 2 aromatic rings. The number of anilines is 2. The molecule has 0 saturated heterocycles. The highest BCUT2D eigenvalue weighted by Crippen LogP contribution is 2.52. The van der Waals surface area contributed by atoms with Crippen LogP contribution in [0.15, 0.2) is 12.1 Å². The first-order valence-electron chi connectivity index (χ1n) is 8.13. The van der Waals surface area contributed by atoms with Crippen molar-refractivity contribution in [2.45, 2.75) is 18.5 Å². The minimum Gasteiger partial charge on any atom is -0.347 e. The van der Waals surface area contributed by atoms with E-state index < -0.39 is 83.4 Å². The zero-order chi connectivity index (χ0) is 27.3. The van der Waals surface area contributed by atoms with Crippen LogP contribution in [0.5, 0.6) is 0 Å². The first kappa shape index (κ1) is 27.7. The molecule has 0 amide bonds. The maximum atomic E-state index is 13.5. The number of hydrogen-bond donors (Lipinski definition) is 1. The van der Waals surface area contributed by atoms with Gasteiger partial charge in [0.25, 0.3) is 11.4 Å². The highest BCUT2D eigenvalue weighted by atomic mass is 35.5. The van der Waals surface area contributed by atoms with Crippen molar-refractivity contribution in [3.05, 3.63) is 64.7 Å². The van der Waals surface area contributed by atoms with Gasteiger partial charge >= 0.3 is 18.5 Å². The number of hydrogen-bond acceptors (Lipinski definition) is 6. The Morgan fingerprint density at radius 3 is 1.57 bits per heavy atom. The minimum atomic E-state index is -5.78. The Bertz CT molecular complexity index is 1240. The standard InChI is InChI=1S/C16H3Cl2F9N4O4/c17-10-8(15(22,23)24)5(3-28)9(16(25,26)27)11(18)13(10)29-12-6(14(19,20)21)1-4(30(32)33)2-7(12)31(34)35/h1-2,29H. The molecule has 0 atom stereocenters. The van der Waals surface area contributed by atoms with E-state index in [2.05, 4.69) is 0 Å². The summed E-state index contributed by atoms with van der Waals surface area (Å²) in [5.41, 5.74) is -16.0. The van der Waals surface area contributed by atoms with Crippen LogP contribution < -0.4 is 5.32 Å². The van der Waals surface area contributed by atoms with Gasteiger partial charge in [0.15, 0.2) is 0 Å². The van der Waals surface area contributed by atoms with Crippen LogP contribution in [0.2, 0.25) is 10.0 Å². The molecule has 0 fully saturated rings. The molecular weight excluding hydrogens is 554 g/mol. The van der Waals surface area contributed by atoms with E-state index in [9.17, 15) is 59.7 Å². The Morgan fingerprint density at radius 2 is 1.26 bits per heavy atom. The molecule has 0 aliphatic heterocycles. The monoisotopic (exact) mass is 556 g/mol. The van der Waals surface area contributed by atoms with Crippen LogP contribution in [0.3, 0.4) is 0 Å². The van der Waals surface area contributed by atoms with Gasteiger partial charge in [-0.15, -0.1) is 0 Å². The predicted octanol–water partition coefficient (Wildman–Crippen LogP) is 7.48. The lowest BCUT2D eigenvalue weighted by Gasteiger charge is -2.23. The second-order valence-corrected chi connectivity index (χ2v) is 7.02. The third-order valence-electron chi connectivity index (χ3n) is 4.12. The molecule has 0 unspecified atom stereocenters. The lowest BCUT2D eigenvalue weighted by atomic mass is 9.98. The predicted molar refractivity (Wildman–Crippen MR) is 99.2 cm³/mol. The number of rotatable bonds is 4. The lowest BCUT2D eigenvalue weighted by Crippen LogP contribution is -2.19. The van der Waals surface area contributed by atoms with Crippen LogP contribution in [-0.2, 0) is 18.5 Å². The number of halogens is 11. The summed E-state index contributed by atoms with van der Waals surface area (Å²) in [6.45, 7) is 0. The largest absolute Gasteiger partial charge is 0.419 e. The van der Waals surface area contributed by atoms with E-state index in [4.69, 9.17) is 28.5 Å². The highest BCUT2D eigenvalue weighted by molar-refractivity contribution is 6.40. The fourth-order valence-corrected chi connectivity index (χ4v) is 3.52. The summed E-state index contributed by atoms with van der Waals surface area (Å²) >= 11 is 11.0. The summed E-state index contributed by atoms with van der Waals surface area (Å²) < 4.78 is 122. The van der Waals surface area contributed by atoms with Crippen LogP contribution in [0.1, 0.15) is 22.3 Å². The van der Waals surface area contributed by atoms with Crippen LogP contribution in [0.25, 0.3) is 0 Å². The zero-order valence-corrected chi connectivity index (χ0v) is 17.3. The molecule has 0 saturated carbocycles. The van der Waals surface area contributed by atoms with E-state index in [0.717, 1.165) is 0 Å². The van der Waals surface area contributed by atoms with Gasteiger partial charge < -0.3 is 5.32 Å². The molecule has 2 rings (SSSR count). The van der Waals surface area contributed by atoms with E-state index in [-0.39, 0.29) is 12.1 Å². The zero-order valence-electron chi connectivity index (χ0n) is 15.8. The van der Waals surface area contributed by atoms with Gasteiger partial charge in [-0.1, -0.05) is 23.2 Å². The Hall–Kier alpha value is -3.52. The van der Waals surface area contributed by atoms with Crippen LogP contribution in [-0.4, -0.2) is 9.85 Å². The lowest BCUT2D eigenvalue weighted by molar-refractivity contribution is -0.394. The fourth-order valence-electron chi connectivity index (χ4n) is 2.79. The van der Waals surface area contributed by atoms with E-state index >= 15 is 0 Å². The van der Waals surface area contributed by atoms with Crippen LogP contribution >= 0.6 is 23.2 Å². The van der Waals surface area contributed by atoms with Crippen molar-refractivity contribution in [2.24, 2.45) is 0 Å². The first-order valence-corrected chi connectivity index (χ1v) is 8.89. The summed E-state index contributed by atoms with van der Waals surface area (Å²) in [4.78, 5) is 19.1. The van der Waals surface area contributed by atoms with E-state index in [1.165, 1.54) is 5.32 Å². The number of nitro benzene ring substituents is 2. The van der Waals surface area contributed by atoms with Crippen molar-refractivity contribution in [3.63, 3.8) is 0 Å². The molecule has 1 N–H and O–H groups in total. The third-order valence-corrected chi connectivity index (χ3v) is 4.88. The van der Waals surface area contributed by atoms with Crippen molar-refractivity contribution in [3.8, 4) is 6.07 Å². The quantitative estimate of drug-likeness (QED) is 0.236. The summed E-state index contributed by atoms with van der Waals surface area (Å²) in [6.07, 6.45) is -17.2. The molecule has 0 heterocycles. The number of non-ortho nitro benzene ring substituents is 1. The second kappa shape index (κ2) is 8.92. The number of nitro groups is 2. The summed E-state index contributed by atoms with van der Waals surface area (Å²) in [7, 11) is 0. The Morgan fingerprint density at radius 1 is 0.800 bits per heavy atom. The maximum Gasteiger partial charge on any atom is 0.419 e. The smallest absolute Gasteiger partial charge is 0.347 e. The molecule has 2 aromatic carbocycles. The summed E-state index contributed by atoms with van der Waals surface area (Å²) in [5, 5.41) is 28.8. The average Bonchev–Trinajstić information content (AvgIpc) is 2.66. The first-order chi connectivity index (χ1) is 15.7. The topological polar surface area (TPSA) is 122 Å². The van der Waals surface area contributed by atoms with Crippen molar-refractivity contribution in [2.75, 3.05) is 5.32 Å². The molecule has 0 radical (unpaired) electrons. The second-order valence-electron chi connectivity index (χ2n) is 6.26. The number of alkyl halides is 9. The van der Waals surface area contributed by atoms with Gasteiger partial charge in [-0.25, -0.2) is 0 Å². The Balaban J connectivity index is 3.10. The van der Waals surface area contributed by atoms with Crippen molar-refractivity contribution in [1.29, 1.82) is 5.26 Å². The van der Waals surface area contributed by atoms with Gasteiger partial charge in [0, 0.05) is 6.07 Å². The van der Waals surface area contributed by atoms with Gasteiger partial charge in [0.05, 0.1) is 53.9 Å². The molecule has 0 aliphatic rings. The minimum absolute atomic E-state index is 0.0294.